The van der Waals surface area contributed by atoms with E-state index >= 15 is 0 Å². The van der Waals surface area contributed by atoms with Crippen LogP contribution in [0.3, 0.4) is 0 Å². The van der Waals surface area contributed by atoms with E-state index in [1.54, 1.807) is 11.3 Å². The molecule has 19 heavy (non-hydrogen) atoms. The topological polar surface area (TPSA) is 16.1 Å². The van der Waals surface area contributed by atoms with E-state index < -0.39 is 0 Å². The van der Waals surface area contributed by atoms with Gasteiger partial charge in [-0.1, -0.05) is 22.9 Å². The molecule has 1 aromatic carbocycles. The Hall–Kier alpha value is -0.510. The molecule has 1 aliphatic rings. The molecule has 1 fully saturated rings. The van der Waals surface area contributed by atoms with E-state index in [1.165, 1.54) is 17.5 Å². The van der Waals surface area contributed by atoms with Gasteiger partial charge in [0.1, 0.15) is 0 Å². The molecule has 0 amide bonds. The van der Waals surface area contributed by atoms with Crippen LogP contribution in [0.15, 0.2) is 18.2 Å². The van der Waals surface area contributed by atoms with Crippen molar-refractivity contribution in [1.29, 1.82) is 0 Å². The van der Waals surface area contributed by atoms with Gasteiger partial charge < -0.3 is 4.90 Å². The van der Waals surface area contributed by atoms with E-state index in [-0.39, 0.29) is 0 Å². The summed E-state index contributed by atoms with van der Waals surface area (Å²) in [6, 6.07) is 5.90. The van der Waals surface area contributed by atoms with Gasteiger partial charge in [-0.2, -0.15) is 0 Å². The average molecular weight is 315 g/mol. The maximum Gasteiger partial charge on any atom is 0.186 e. The number of rotatable bonds is 3. The molecule has 102 valence electrons. The molecule has 1 saturated heterocycles. The first-order chi connectivity index (χ1) is 9.26. The number of hydrogen-bond acceptors (Lipinski definition) is 3. The highest BCUT2D eigenvalue weighted by molar-refractivity contribution is 7.22. The standard InChI is InChI=1S/C14H16Cl2N2S/c15-6-3-10-4-7-18(8-5-10)14-17-12-2-1-11(16)9-13(12)19-14/h1-2,9-10H,3-8H2. The van der Waals surface area contributed by atoms with E-state index in [4.69, 9.17) is 28.2 Å². The molecule has 1 aliphatic heterocycles. The highest BCUT2D eigenvalue weighted by Gasteiger charge is 2.21. The van der Waals surface area contributed by atoms with Gasteiger partial charge in [0.15, 0.2) is 5.13 Å². The molecule has 0 saturated carbocycles. The first kappa shape index (κ1) is 13.5. The summed E-state index contributed by atoms with van der Waals surface area (Å²) < 4.78 is 1.17. The molecule has 0 N–H and O–H groups in total. The van der Waals surface area contributed by atoms with E-state index in [2.05, 4.69) is 4.90 Å². The number of piperidine rings is 1. The molecular formula is C14H16Cl2N2S. The first-order valence-corrected chi connectivity index (χ1v) is 8.36. The number of halogens is 2. The Bertz CT molecular complexity index is 562. The van der Waals surface area contributed by atoms with Crippen LogP contribution in [-0.4, -0.2) is 24.0 Å². The van der Waals surface area contributed by atoms with Crippen molar-refractivity contribution in [3.05, 3.63) is 23.2 Å². The fourth-order valence-corrected chi connectivity index (χ4v) is 4.19. The molecular weight excluding hydrogens is 299 g/mol. The van der Waals surface area contributed by atoms with E-state index in [0.717, 1.165) is 47.0 Å². The highest BCUT2D eigenvalue weighted by atomic mass is 35.5. The zero-order valence-corrected chi connectivity index (χ0v) is 12.9. The second-order valence-corrected chi connectivity index (χ2v) is 6.84. The Kier molecular flexibility index (Phi) is 4.15. The van der Waals surface area contributed by atoms with Gasteiger partial charge in [-0.05, 0) is 43.4 Å². The van der Waals surface area contributed by atoms with Crippen LogP contribution < -0.4 is 4.90 Å². The van der Waals surface area contributed by atoms with Gasteiger partial charge in [0.05, 0.1) is 10.2 Å². The predicted octanol–water partition coefficient (Wildman–Crippen LogP) is 4.80. The molecule has 3 rings (SSSR count). The maximum absolute atomic E-state index is 6.02. The van der Waals surface area contributed by atoms with Gasteiger partial charge in [0.25, 0.3) is 0 Å². The van der Waals surface area contributed by atoms with Crippen molar-refractivity contribution in [2.45, 2.75) is 19.3 Å². The lowest BCUT2D eigenvalue weighted by molar-refractivity contribution is 0.396. The zero-order chi connectivity index (χ0) is 13.2. The quantitative estimate of drug-likeness (QED) is 0.757. The summed E-state index contributed by atoms with van der Waals surface area (Å²) in [6.07, 6.45) is 3.59. The molecule has 2 heterocycles. The monoisotopic (exact) mass is 314 g/mol. The molecule has 1 aromatic heterocycles. The number of fused-ring (bicyclic) bond motifs is 1. The fraction of sp³-hybridized carbons (Fsp3) is 0.500. The Morgan fingerprint density at radius 1 is 1.32 bits per heavy atom. The predicted molar refractivity (Wildman–Crippen MR) is 84.9 cm³/mol. The van der Waals surface area contributed by atoms with Crippen molar-refractivity contribution in [1.82, 2.24) is 4.98 Å². The molecule has 0 aliphatic carbocycles. The van der Waals surface area contributed by atoms with Gasteiger partial charge in [-0.15, -0.1) is 11.6 Å². The van der Waals surface area contributed by atoms with E-state index in [0.29, 0.717) is 0 Å². The summed E-state index contributed by atoms with van der Waals surface area (Å²) in [7, 11) is 0. The lowest BCUT2D eigenvalue weighted by Crippen LogP contribution is -2.33. The normalized spacial score (nSPS) is 17.3. The zero-order valence-electron chi connectivity index (χ0n) is 10.6. The molecule has 0 atom stereocenters. The second kappa shape index (κ2) is 5.86. The van der Waals surface area contributed by atoms with Crippen LogP contribution in [0.5, 0.6) is 0 Å². The van der Waals surface area contributed by atoms with Crippen LogP contribution in [0.2, 0.25) is 5.02 Å². The van der Waals surface area contributed by atoms with E-state index in [1.807, 2.05) is 18.2 Å². The van der Waals surface area contributed by atoms with Crippen molar-refractivity contribution in [3.63, 3.8) is 0 Å². The second-order valence-electron chi connectivity index (χ2n) is 5.02. The number of aromatic nitrogens is 1. The molecule has 0 spiro atoms. The molecule has 0 unspecified atom stereocenters. The van der Waals surface area contributed by atoms with E-state index in [9.17, 15) is 0 Å². The van der Waals surface area contributed by atoms with Gasteiger partial charge in [0, 0.05) is 24.0 Å². The molecule has 0 radical (unpaired) electrons. The maximum atomic E-state index is 6.02. The smallest absolute Gasteiger partial charge is 0.186 e. The molecule has 0 bridgehead atoms. The van der Waals surface area contributed by atoms with Gasteiger partial charge in [-0.3, -0.25) is 0 Å². The number of alkyl halides is 1. The summed E-state index contributed by atoms with van der Waals surface area (Å²) in [5.74, 6) is 1.57. The number of anilines is 1. The van der Waals surface area contributed by atoms with Gasteiger partial charge in [-0.25, -0.2) is 4.98 Å². The Balaban J connectivity index is 1.74. The summed E-state index contributed by atoms with van der Waals surface area (Å²) >= 11 is 13.6. The number of hydrogen-bond donors (Lipinski definition) is 0. The lowest BCUT2D eigenvalue weighted by atomic mass is 9.95. The summed E-state index contributed by atoms with van der Waals surface area (Å²) in [5.41, 5.74) is 1.05. The Labute approximate surface area is 127 Å². The minimum atomic E-state index is 0.781. The lowest BCUT2D eigenvalue weighted by Gasteiger charge is -2.31. The van der Waals surface area contributed by atoms with Crippen LogP contribution >= 0.6 is 34.5 Å². The van der Waals surface area contributed by atoms with Crippen molar-refractivity contribution < 1.29 is 0 Å². The summed E-state index contributed by atoms with van der Waals surface area (Å²) in [5, 5.41) is 1.91. The average Bonchev–Trinajstić information content (AvgIpc) is 2.83. The van der Waals surface area contributed by atoms with Crippen LogP contribution in [0.25, 0.3) is 10.2 Å². The van der Waals surface area contributed by atoms with Crippen LogP contribution in [0.4, 0.5) is 5.13 Å². The summed E-state index contributed by atoms with van der Waals surface area (Å²) in [6.45, 7) is 2.18. The molecule has 5 heteroatoms. The minimum Gasteiger partial charge on any atom is -0.348 e. The van der Waals surface area contributed by atoms with Gasteiger partial charge in [0.2, 0.25) is 0 Å². The van der Waals surface area contributed by atoms with Gasteiger partial charge >= 0.3 is 0 Å². The highest BCUT2D eigenvalue weighted by Crippen LogP contribution is 2.33. The molecule has 2 aromatic rings. The number of thiazole rings is 1. The SMILES string of the molecule is ClCCC1CCN(c2nc3ccc(Cl)cc3s2)CC1. The van der Waals surface area contributed by atoms with Crippen LogP contribution in [0, 0.1) is 5.92 Å². The third kappa shape index (κ3) is 2.99. The van der Waals surface area contributed by atoms with Crippen molar-refractivity contribution in [2.75, 3.05) is 23.9 Å². The summed E-state index contributed by atoms with van der Waals surface area (Å²) in [4.78, 5) is 7.10. The van der Waals surface area contributed by atoms with Crippen LogP contribution in [0.1, 0.15) is 19.3 Å². The first-order valence-electron chi connectivity index (χ1n) is 6.63. The number of benzene rings is 1. The Morgan fingerprint density at radius 3 is 2.84 bits per heavy atom. The third-order valence-electron chi connectivity index (χ3n) is 3.74. The largest absolute Gasteiger partial charge is 0.348 e. The van der Waals surface area contributed by atoms with Crippen LogP contribution in [-0.2, 0) is 0 Å². The third-order valence-corrected chi connectivity index (χ3v) is 5.27. The van der Waals surface area contributed by atoms with Crippen molar-refractivity contribution in [3.8, 4) is 0 Å². The fourth-order valence-electron chi connectivity index (χ4n) is 2.59. The van der Waals surface area contributed by atoms with Crippen molar-refractivity contribution in [2.24, 2.45) is 5.92 Å². The minimum absolute atomic E-state index is 0.781. The Morgan fingerprint density at radius 2 is 2.11 bits per heavy atom. The van der Waals surface area contributed by atoms with Crippen molar-refractivity contribution >= 4 is 49.9 Å². The molecule has 2 nitrogen and oxygen atoms in total. The number of nitrogens with zero attached hydrogens (tertiary/aromatic N) is 2.